The summed E-state index contributed by atoms with van der Waals surface area (Å²) in [6, 6.07) is 0.110. The van der Waals surface area contributed by atoms with E-state index < -0.39 is 17.4 Å². The van der Waals surface area contributed by atoms with E-state index in [0.29, 0.717) is 38.9 Å². The van der Waals surface area contributed by atoms with Crippen LogP contribution in [0.15, 0.2) is 6.20 Å². The molecule has 0 spiro atoms. The maximum Gasteiger partial charge on any atom is 0.323 e. The molecule has 0 bridgehead atoms. The summed E-state index contributed by atoms with van der Waals surface area (Å²) in [5.74, 6) is -1.04. The van der Waals surface area contributed by atoms with Crippen molar-refractivity contribution in [1.29, 1.82) is 0 Å². The number of nitrogens with zero attached hydrogens (tertiary/aromatic N) is 3. The number of hydrogen-bond acceptors (Lipinski definition) is 7. The number of carbonyl (C=O) groups is 2. The van der Waals surface area contributed by atoms with Gasteiger partial charge in [-0.2, -0.15) is 0 Å². The van der Waals surface area contributed by atoms with Crippen LogP contribution in [0.5, 0.6) is 0 Å². The Morgan fingerprint density at radius 2 is 1.79 bits per heavy atom. The fourth-order valence-corrected chi connectivity index (χ4v) is 3.53. The van der Waals surface area contributed by atoms with Crippen molar-refractivity contribution in [2.24, 2.45) is 5.41 Å². The Morgan fingerprint density at radius 1 is 1.21 bits per heavy atom. The lowest BCUT2D eigenvalue weighted by molar-refractivity contribution is -0.172. The Balaban J connectivity index is 1.72. The molecule has 0 amide bonds. The predicted octanol–water partition coefficient (Wildman–Crippen LogP) is 1.01. The zero-order chi connectivity index (χ0) is 17.4. The molecular weight excluding hydrogens is 314 g/mol. The Labute approximate surface area is 140 Å². The van der Waals surface area contributed by atoms with Crippen LogP contribution in [0.3, 0.4) is 0 Å². The number of rotatable bonds is 4. The number of carbonyl (C=O) groups excluding carboxylic acids is 2. The standard InChI is InChI=1S/C16H23N3O5/c1-15(9-24-10-15)12-8-19(18-17-12)11-4-6-16(7-5-11,13(20)22-2)14(21)23-3/h8,11H,4-7,9-10H2,1-3H3. The van der Waals surface area contributed by atoms with Crippen LogP contribution in [0.1, 0.15) is 44.3 Å². The van der Waals surface area contributed by atoms with Crippen LogP contribution in [0, 0.1) is 5.41 Å². The van der Waals surface area contributed by atoms with Gasteiger partial charge in [-0.05, 0) is 32.6 Å². The summed E-state index contributed by atoms with van der Waals surface area (Å²) in [6.45, 7) is 3.42. The van der Waals surface area contributed by atoms with Crippen molar-refractivity contribution < 1.29 is 23.8 Å². The third-order valence-electron chi connectivity index (χ3n) is 5.30. The van der Waals surface area contributed by atoms with Crippen molar-refractivity contribution >= 4 is 11.9 Å². The second kappa shape index (κ2) is 6.16. The van der Waals surface area contributed by atoms with Gasteiger partial charge in [0.15, 0.2) is 5.41 Å². The first-order valence-electron chi connectivity index (χ1n) is 8.12. The summed E-state index contributed by atoms with van der Waals surface area (Å²) in [4.78, 5) is 24.3. The first kappa shape index (κ1) is 16.9. The highest BCUT2D eigenvalue weighted by Crippen LogP contribution is 2.43. The lowest BCUT2D eigenvalue weighted by Crippen LogP contribution is -2.44. The first-order valence-corrected chi connectivity index (χ1v) is 8.12. The van der Waals surface area contributed by atoms with Crippen LogP contribution in [-0.2, 0) is 29.2 Å². The molecule has 132 valence electrons. The third-order valence-corrected chi connectivity index (χ3v) is 5.30. The van der Waals surface area contributed by atoms with Crippen LogP contribution in [0.4, 0.5) is 0 Å². The van der Waals surface area contributed by atoms with E-state index in [4.69, 9.17) is 14.2 Å². The zero-order valence-electron chi connectivity index (χ0n) is 14.3. The molecule has 0 radical (unpaired) electrons. The molecule has 0 aromatic carbocycles. The van der Waals surface area contributed by atoms with Gasteiger partial charge < -0.3 is 14.2 Å². The largest absolute Gasteiger partial charge is 0.468 e. The van der Waals surface area contributed by atoms with Crippen molar-refractivity contribution in [3.05, 3.63) is 11.9 Å². The van der Waals surface area contributed by atoms with E-state index in [1.807, 2.05) is 10.9 Å². The van der Waals surface area contributed by atoms with Crippen molar-refractivity contribution in [2.45, 2.75) is 44.1 Å². The van der Waals surface area contributed by atoms with E-state index in [-0.39, 0.29) is 11.5 Å². The minimum absolute atomic E-state index is 0.0608. The van der Waals surface area contributed by atoms with Gasteiger partial charge in [-0.1, -0.05) is 5.21 Å². The summed E-state index contributed by atoms with van der Waals surface area (Å²) in [5.41, 5.74) is -0.335. The molecule has 0 N–H and O–H groups in total. The van der Waals surface area contributed by atoms with Gasteiger partial charge in [0.2, 0.25) is 0 Å². The minimum Gasteiger partial charge on any atom is -0.468 e. The molecule has 0 unspecified atom stereocenters. The fraction of sp³-hybridized carbons (Fsp3) is 0.750. The van der Waals surface area contributed by atoms with E-state index in [0.717, 1.165) is 5.69 Å². The van der Waals surface area contributed by atoms with Crippen LogP contribution in [0.2, 0.25) is 0 Å². The molecule has 1 saturated heterocycles. The van der Waals surface area contributed by atoms with Gasteiger partial charge in [-0.25, -0.2) is 4.68 Å². The Hall–Kier alpha value is -1.96. The smallest absolute Gasteiger partial charge is 0.323 e. The van der Waals surface area contributed by atoms with E-state index >= 15 is 0 Å². The molecule has 1 aromatic rings. The van der Waals surface area contributed by atoms with Gasteiger partial charge >= 0.3 is 11.9 Å². The quantitative estimate of drug-likeness (QED) is 0.598. The van der Waals surface area contributed by atoms with E-state index in [9.17, 15) is 9.59 Å². The highest BCUT2D eigenvalue weighted by atomic mass is 16.5. The molecule has 1 saturated carbocycles. The van der Waals surface area contributed by atoms with Crippen molar-refractivity contribution in [2.75, 3.05) is 27.4 Å². The van der Waals surface area contributed by atoms with Crippen molar-refractivity contribution in [3.63, 3.8) is 0 Å². The molecule has 8 nitrogen and oxygen atoms in total. The molecule has 1 aliphatic heterocycles. The third kappa shape index (κ3) is 2.58. The predicted molar refractivity (Wildman–Crippen MR) is 82.2 cm³/mol. The van der Waals surface area contributed by atoms with Crippen LogP contribution in [-0.4, -0.2) is 54.4 Å². The Bertz CT molecular complexity index is 611. The summed E-state index contributed by atoms with van der Waals surface area (Å²) in [6.07, 6.45) is 4.00. The summed E-state index contributed by atoms with van der Waals surface area (Å²) >= 11 is 0. The second-order valence-corrected chi connectivity index (χ2v) is 6.93. The molecule has 0 atom stereocenters. The second-order valence-electron chi connectivity index (χ2n) is 6.93. The maximum atomic E-state index is 12.1. The summed E-state index contributed by atoms with van der Waals surface area (Å²) < 4.78 is 16.8. The Morgan fingerprint density at radius 3 is 2.25 bits per heavy atom. The average molecular weight is 337 g/mol. The molecule has 1 aromatic heterocycles. The SMILES string of the molecule is COC(=O)C1(C(=O)OC)CCC(n2cc(C3(C)COC3)nn2)CC1. The molecule has 8 heteroatoms. The van der Waals surface area contributed by atoms with Crippen LogP contribution >= 0.6 is 0 Å². The number of hydrogen-bond donors (Lipinski definition) is 0. The van der Waals surface area contributed by atoms with Crippen molar-refractivity contribution in [3.8, 4) is 0 Å². The highest BCUT2D eigenvalue weighted by molar-refractivity contribution is 6.00. The van der Waals surface area contributed by atoms with Crippen molar-refractivity contribution in [1.82, 2.24) is 15.0 Å². The maximum absolute atomic E-state index is 12.1. The molecule has 2 fully saturated rings. The van der Waals surface area contributed by atoms with Gasteiger partial charge in [0.05, 0.1) is 44.6 Å². The number of methoxy groups -OCH3 is 2. The number of esters is 2. The topological polar surface area (TPSA) is 92.5 Å². The van der Waals surface area contributed by atoms with Gasteiger partial charge in [-0.15, -0.1) is 5.10 Å². The van der Waals surface area contributed by atoms with Gasteiger partial charge in [0.25, 0.3) is 0 Å². The molecule has 2 heterocycles. The lowest BCUT2D eigenvalue weighted by Gasteiger charge is -2.36. The first-order chi connectivity index (χ1) is 11.4. The molecule has 1 aliphatic carbocycles. The van der Waals surface area contributed by atoms with Gasteiger partial charge in [0.1, 0.15) is 0 Å². The molecule has 24 heavy (non-hydrogen) atoms. The minimum atomic E-state index is -1.20. The van der Waals surface area contributed by atoms with Gasteiger partial charge in [-0.3, -0.25) is 9.59 Å². The van der Waals surface area contributed by atoms with Crippen LogP contribution in [0.25, 0.3) is 0 Å². The van der Waals surface area contributed by atoms with E-state index in [1.54, 1.807) is 0 Å². The molecule has 3 rings (SSSR count). The highest BCUT2D eigenvalue weighted by Gasteiger charge is 2.51. The average Bonchev–Trinajstić information content (AvgIpc) is 3.08. The van der Waals surface area contributed by atoms with Gasteiger partial charge in [0, 0.05) is 6.20 Å². The Kier molecular flexibility index (Phi) is 4.33. The summed E-state index contributed by atoms with van der Waals surface area (Å²) in [5, 5.41) is 8.52. The number of aromatic nitrogens is 3. The lowest BCUT2D eigenvalue weighted by atomic mass is 9.72. The normalized spacial score (nSPS) is 22.5. The monoisotopic (exact) mass is 337 g/mol. The zero-order valence-corrected chi connectivity index (χ0v) is 14.3. The molecular formula is C16H23N3O5. The van der Waals surface area contributed by atoms with Crippen LogP contribution < -0.4 is 0 Å². The number of ether oxygens (including phenoxy) is 3. The molecule has 2 aliphatic rings. The summed E-state index contributed by atoms with van der Waals surface area (Å²) in [7, 11) is 2.59. The van der Waals surface area contributed by atoms with E-state index in [2.05, 4.69) is 17.2 Å². The fourth-order valence-electron chi connectivity index (χ4n) is 3.53. The van der Waals surface area contributed by atoms with E-state index in [1.165, 1.54) is 14.2 Å².